The van der Waals surface area contributed by atoms with Gasteiger partial charge in [-0.1, -0.05) is 13.2 Å². The molecule has 0 rings (SSSR count). The van der Waals surface area contributed by atoms with Crippen molar-refractivity contribution in [2.24, 2.45) is 0 Å². The number of aliphatic hydroxyl groups is 1. The molecule has 0 aliphatic rings. The van der Waals surface area contributed by atoms with Crippen LogP contribution in [0.5, 0.6) is 0 Å². The number of rotatable bonds is 6. The number of phosphoric ester groups is 1. The van der Waals surface area contributed by atoms with Gasteiger partial charge < -0.3 is 9.63 Å². The molecule has 80 valence electrons. The summed E-state index contributed by atoms with van der Waals surface area (Å²) in [7, 11) is -1.33. The Balaban J connectivity index is 4.88. The summed E-state index contributed by atoms with van der Waals surface area (Å²) in [5, 5.41) is 9.21. The van der Waals surface area contributed by atoms with E-state index in [2.05, 4.69) is 22.2 Å². The third-order valence-corrected chi connectivity index (χ3v) is 2.60. The summed E-state index contributed by atoms with van der Waals surface area (Å²) >= 11 is 0. The van der Waals surface area contributed by atoms with Gasteiger partial charge in [0.2, 0.25) is 0 Å². The topological polar surface area (TPSA) is 65.0 Å². The molecule has 0 unspecified atom stereocenters. The molecule has 0 heterocycles. The van der Waals surface area contributed by atoms with E-state index in [4.69, 9.17) is 4.52 Å². The first-order valence-electron chi connectivity index (χ1n) is 3.62. The smallest absolute Gasteiger partial charge is 0.504 e. The first-order valence-corrected chi connectivity index (χ1v) is 5.08. The van der Waals surface area contributed by atoms with E-state index in [1.807, 2.05) is 0 Å². The molecule has 0 aromatic heterocycles. The molecule has 6 heteroatoms. The fourth-order valence-corrected chi connectivity index (χ4v) is 1.27. The van der Waals surface area contributed by atoms with E-state index in [0.717, 1.165) is 20.3 Å². The largest absolute Gasteiger partial charge is 0.529 e. The van der Waals surface area contributed by atoms with Gasteiger partial charge in [-0.05, 0) is 12.2 Å². The Morgan fingerprint density at radius 3 is 2.07 bits per heavy atom. The zero-order valence-electron chi connectivity index (χ0n) is 8.10. The predicted octanol–water partition coefficient (Wildman–Crippen LogP) is 2.55. The van der Waals surface area contributed by atoms with E-state index < -0.39 is 7.82 Å². The van der Waals surface area contributed by atoms with Crippen molar-refractivity contribution >= 4 is 7.82 Å². The highest BCUT2D eigenvalue weighted by Gasteiger charge is 2.25. The Bertz CT molecular complexity index is 286. The van der Waals surface area contributed by atoms with Crippen LogP contribution in [-0.2, 0) is 18.1 Å². The lowest BCUT2D eigenvalue weighted by molar-refractivity contribution is 0.181. The summed E-state index contributed by atoms with van der Waals surface area (Å²) in [5.41, 5.74) is 0. The molecule has 0 spiro atoms. The summed E-state index contributed by atoms with van der Waals surface area (Å²) in [6, 6.07) is 0. The summed E-state index contributed by atoms with van der Waals surface area (Å²) in [6.07, 6.45) is 2.29. The van der Waals surface area contributed by atoms with Gasteiger partial charge in [0.1, 0.15) is 0 Å². The van der Waals surface area contributed by atoms with E-state index in [1.54, 1.807) is 0 Å². The molecule has 0 aliphatic carbocycles. The molecular weight excluding hydrogens is 207 g/mol. The molecule has 0 aromatic carbocycles. The van der Waals surface area contributed by atoms with E-state index >= 15 is 0 Å². The summed E-state index contributed by atoms with van der Waals surface area (Å²) < 4.78 is 25.2. The zero-order valence-corrected chi connectivity index (χ0v) is 8.99. The maximum atomic E-state index is 11.4. The van der Waals surface area contributed by atoms with Gasteiger partial charge in [-0.25, -0.2) is 4.57 Å². The Morgan fingerprint density at radius 2 is 1.79 bits per heavy atom. The molecule has 0 aromatic rings. The van der Waals surface area contributed by atoms with Crippen LogP contribution in [-0.4, -0.2) is 19.3 Å². The average molecular weight is 220 g/mol. The van der Waals surface area contributed by atoms with Crippen molar-refractivity contribution in [3.63, 3.8) is 0 Å². The highest BCUT2D eigenvalue weighted by Crippen LogP contribution is 2.50. The van der Waals surface area contributed by atoms with Crippen LogP contribution in [0.1, 0.15) is 0 Å². The third kappa shape index (κ3) is 3.38. The van der Waals surface area contributed by atoms with Gasteiger partial charge in [0, 0.05) is 14.2 Å². The quantitative estimate of drug-likeness (QED) is 0.423. The SMILES string of the molecule is C=C/C(O)=C(\C=C)OP(=O)(OC)OC. The number of aliphatic hydroxyl groups excluding tert-OH is 1. The van der Waals surface area contributed by atoms with E-state index in [1.165, 1.54) is 6.08 Å². The van der Waals surface area contributed by atoms with E-state index in [0.29, 0.717) is 0 Å². The lowest BCUT2D eigenvalue weighted by atomic mass is 10.4. The Labute approximate surface area is 82.9 Å². The maximum Gasteiger partial charge on any atom is 0.529 e. The monoisotopic (exact) mass is 220 g/mol. The van der Waals surface area contributed by atoms with Crippen molar-refractivity contribution in [1.29, 1.82) is 0 Å². The minimum atomic E-state index is -3.66. The number of phosphoric acid groups is 1. The molecule has 0 saturated carbocycles. The van der Waals surface area contributed by atoms with Crippen LogP contribution in [0.2, 0.25) is 0 Å². The van der Waals surface area contributed by atoms with Crippen molar-refractivity contribution in [2.75, 3.05) is 14.2 Å². The fourth-order valence-electron chi connectivity index (χ4n) is 0.559. The first-order chi connectivity index (χ1) is 6.52. The standard InChI is InChI=1S/C8H13O5P/c1-5-7(9)8(6-2)13-14(10,11-3)12-4/h5-6,9H,1-2H2,3-4H3/b8-7-. The summed E-state index contributed by atoms with van der Waals surface area (Å²) in [4.78, 5) is 0. The number of allylic oxidation sites excluding steroid dienone is 2. The highest BCUT2D eigenvalue weighted by atomic mass is 31.2. The van der Waals surface area contributed by atoms with Crippen molar-refractivity contribution in [3.8, 4) is 0 Å². The fraction of sp³-hybridized carbons (Fsp3) is 0.250. The zero-order chi connectivity index (χ0) is 11.2. The molecular formula is C8H13O5P. The second-order valence-corrected chi connectivity index (χ2v) is 3.87. The van der Waals surface area contributed by atoms with Gasteiger partial charge in [-0.15, -0.1) is 0 Å². The van der Waals surface area contributed by atoms with Gasteiger partial charge in [0.15, 0.2) is 11.5 Å². The third-order valence-electron chi connectivity index (χ3n) is 1.29. The van der Waals surface area contributed by atoms with Crippen LogP contribution in [0.25, 0.3) is 0 Å². The minimum absolute atomic E-state index is 0.118. The second-order valence-electron chi connectivity index (χ2n) is 2.06. The summed E-state index contributed by atoms with van der Waals surface area (Å²) in [5.74, 6) is -0.415. The molecule has 0 radical (unpaired) electrons. The molecule has 14 heavy (non-hydrogen) atoms. The van der Waals surface area contributed by atoms with Crippen LogP contribution in [0.3, 0.4) is 0 Å². The lowest BCUT2D eigenvalue weighted by Crippen LogP contribution is -1.96. The van der Waals surface area contributed by atoms with Gasteiger partial charge >= 0.3 is 7.82 Å². The van der Waals surface area contributed by atoms with E-state index in [-0.39, 0.29) is 11.5 Å². The predicted molar refractivity (Wildman–Crippen MR) is 52.8 cm³/mol. The van der Waals surface area contributed by atoms with Crippen LogP contribution in [0, 0.1) is 0 Å². The lowest BCUT2D eigenvalue weighted by Gasteiger charge is -2.14. The van der Waals surface area contributed by atoms with Gasteiger partial charge in [-0.3, -0.25) is 9.05 Å². The molecule has 0 fully saturated rings. The average Bonchev–Trinajstić information content (AvgIpc) is 2.24. The second kappa shape index (κ2) is 5.65. The molecule has 0 aliphatic heterocycles. The Kier molecular flexibility index (Phi) is 5.23. The minimum Gasteiger partial charge on any atom is -0.504 e. The normalized spacial score (nSPS) is 13.0. The van der Waals surface area contributed by atoms with Gasteiger partial charge in [0.05, 0.1) is 0 Å². The Morgan fingerprint density at radius 1 is 1.29 bits per heavy atom. The molecule has 0 amide bonds. The summed E-state index contributed by atoms with van der Waals surface area (Å²) in [6.45, 7) is 6.66. The van der Waals surface area contributed by atoms with Crippen LogP contribution in [0.4, 0.5) is 0 Å². The Hall–Kier alpha value is -1.03. The number of hydrogen-bond donors (Lipinski definition) is 1. The van der Waals surface area contributed by atoms with Crippen LogP contribution in [0.15, 0.2) is 36.8 Å². The van der Waals surface area contributed by atoms with Crippen LogP contribution < -0.4 is 0 Å². The van der Waals surface area contributed by atoms with Crippen molar-refractivity contribution in [3.05, 3.63) is 36.8 Å². The molecule has 0 atom stereocenters. The van der Waals surface area contributed by atoms with Crippen molar-refractivity contribution in [1.82, 2.24) is 0 Å². The van der Waals surface area contributed by atoms with Crippen LogP contribution >= 0.6 is 7.82 Å². The first kappa shape index (κ1) is 13.0. The van der Waals surface area contributed by atoms with Gasteiger partial charge in [-0.2, -0.15) is 0 Å². The van der Waals surface area contributed by atoms with E-state index in [9.17, 15) is 9.67 Å². The highest BCUT2D eigenvalue weighted by molar-refractivity contribution is 7.48. The number of hydrogen-bond acceptors (Lipinski definition) is 5. The molecule has 0 bridgehead atoms. The van der Waals surface area contributed by atoms with Crippen molar-refractivity contribution in [2.45, 2.75) is 0 Å². The maximum absolute atomic E-state index is 11.4. The van der Waals surface area contributed by atoms with Gasteiger partial charge in [0.25, 0.3) is 0 Å². The molecule has 5 nitrogen and oxygen atoms in total. The molecule has 1 N–H and O–H groups in total. The van der Waals surface area contributed by atoms with Crippen molar-refractivity contribution < 1.29 is 23.2 Å². The molecule has 0 saturated heterocycles.